The number of carbonyl (C=O) groups excluding carboxylic acids is 4. The zero-order valence-corrected chi connectivity index (χ0v) is 24.2. The highest BCUT2D eigenvalue weighted by Crippen LogP contribution is 2.60. The van der Waals surface area contributed by atoms with Crippen molar-refractivity contribution in [1.82, 2.24) is 15.1 Å². The fourth-order valence-electron chi connectivity index (χ4n) is 5.90. The van der Waals surface area contributed by atoms with Gasteiger partial charge in [0.05, 0.1) is 31.1 Å². The van der Waals surface area contributed by atoms with Crippen LogP contribution in [0.4, 0.5) is 0 Å². The fraction of sp³-hybridized carbons (Fsp3) is 0.704. The van der Waals surface area contributed by atoms with Crippen molar-refractivity contribution >= 4 is 39.6 Å². The molecule has 3 rings (SSSR count). The number of ether oxygens (including phenoxy) is 2. The molecule has 3 fully saturated rings. The van der Waals surface area contributed by atoms with Crippen molar-refractivity contribution in [2.24, 2.45) is 11.8 Å². The third kappa shape index (κ3) is 5.56. The van der Waals surface area contributed by atoms with Crippen LogP contribution in [-0.4, -0.2) is 99.1 Å². The molecule has 0 aliphatic carbocycles. The molecule has 1 unspecified atom stereocenters. The monoisotopic (exact) mass is 597 g/mol. The Balaban J connectivity index is 1.87. The van der Waals surface area contributed by atoms with E-state index in [2.05, 4.69) is 34.4 Å². The number of hydrogen-bond acceptors (Lipinski definition) is 7. The van der Waals surface area contributed by atoms with E-state index in [1.54, 1.807) is 24.0 Å². The molecule has 11 heteroatoms. The van der Waals surface area contributed by atoms with Gasteiger partial charge < -0.3 is 29.7 Å². The van der Waals surface area contributed by atoms with E-state index in [-0.39, 0.29) is 42.9 Å². The lowest BCUT2D eigenvalue weighted by atomic mass is 9.70. The molecule has 0 aromatic carbocycles. The Bertz CT molecular complexity index is 967. The number of β-amino-alcohol motifs (C(OH)–C–C–N with tert-alkyl or cyclic N) is 1. The van der Waals surface area contributed by atoms with E-state index in [0.29, 0.717) is 19.3 Å². The number of carbonyl (C=O) groups is 4. The Morgan fingerprint density at radius 3 is 2.61 bits per heavy atom. The average molecular weight is 599 g/mol. The minimum Gasteiger partial charge on any atom is -0.460 e. The van der Waals surface area contributed by atoms with Gasteiger partial charge in [-0.1, -0.05) is 28.1 Å². The van der Waals surface area contributed by atoms with Gasteiger partial charge in [0, 0.05) is 29.9 Å². The van der Waals surface area contributed by atoms with Gasteiger partial charge in [-0.2, -0.15) is 0 Å². The van der Waals surface area contributed by atoms with Crippen molar-refractivity contribution in [3.63, 3.8) is 0 Å². The first-order valence-corrected chi connectivity index (χ1v) is 14.0. The van der Waals surface area contributed by atoms with Gasteiger partial charge in [-0.05, 0) is 40.5 Å². The van der Waals surface area contributed by atoms with Gasteiger partial charge in [0.25, 0.3) is 0 Å². The predicted octanol–water partition coefficient (Wildman–Crippen LogP) is 1.55. The van der Waals surface area contributed by atoms with E-state index < -0.39 is 53.1 Å². The molecule has 10 nitrogen and oxygen atoms in total. The fourth-order valence-corrected chi connectivity index (χ4v) is 6.84. The summed E-state index contributed by atoms with van der Waals surface area (Å²) in [5.74, 6) is -3.35. The number of allylic oxidation sites excluding steroid dienone is 1. The number of hydrogen-bond donors (Lipinski definition) is 2. The van der Waals surface area contributed by atoms with Crippen LogP contribution in [-0.2, 0) is 28.7 Å². The molecule has 212 valence electrons. The van der Waals surface area contributed by atoms with E-state index >= 15 is 0 Å². The SMILES string of the molecule is C=CCCC(=O)NC[C@H](C)OC(=O)[C@H]1[C@@H]2O[C@@]3(CC2Br)[C@@H]1C(=O)N(CCO)[C@@H]3C(=O)N(CC=C)C(C)(C)C. The molecule has 0 aromatic heterocycles. The molecule has 3 aliphatic heterocycles. The van der Waals surface area contributed by atoms with Gasteiger partial charge >= 0.3 is 5.97 Å². The summed E-state index contributed by atoms with van der Waals surface area (Å²) < 4.78 is 12.1. The van der Waals surface area contributed by atoms with Crippen molar-refractivity contribution in [3.05, 3.63) is 25.3 Å². The second-order valence-corrected chi connectivity index (χ2v) is 12.4. The zero-order valence-electron chi connectivity index (χ0n) is 22.7. The number of esters is 1. The highest BCUT2D eigenvalue weighted by molar-refractivity contribution is 9.09. The lowest BCUT2D eigenvalue weighted by Crippen LogP contribution is -2.60. The van der Waals surface area contributed by atoms with Gasteiger partial charge in [-0.3, -0.25) is 19.2 Å². The summed E-state index contributed by atoms with van der Waals surface area (Å²) in [5, 5.41) is 12.5. The molecule has 0 saturated carbocycles. The van der Waals surface area contributed by atoms with Crippen molar-refractivity contribution in [3.8, 4) is 0 Å². The Hall–Kier alpha value is -2.24. The van der Waals surface area contributed by atoms with Crippen LogP contribution >= 0.6 is 15.9 Å². The van der Waals surface area contributed by atoms with E-state index in [9.17, 15) is 24.3 Å². The Morgan fingerprint density at radius 1 is 1.34 bits per heavy atom. The maximum absolute atomic E-state index is 14.1. The number of likely N-dealkylation sites (tertiary alicyclic amines) is 1. The number of halogens is 1. The molecule has 38 heavy (non-hydrogen) atoms. The summed E-state index contributed by atoms with van der Waals surface area (Å²) in [4.78, 5) is 56.0. The third-order valence-corrected chi connectivity index (χ3v) is 8.35. The minimum absolute atomic E-state index is 0.0601. The Labute approximate surface area is 232 Å². The normalized spacial score (nSPS) is 30.5. The van der Waals surface area contributed by atoms with Crippen LogP contribution in [0.1, 0.15) is 47.0 Å². The van der Waals surface area contributed by atoms with Crippen LogP contribution in [0, 0.1) is 11.8 Å². The summed E-state index contributed by atoms with van der Waals surface area (Å²) in [6, 6.07) is -1.00. The number of amides is 3. The first kappa shape index (κ1) is 30.3. The van der Waals surface area contributed by atoms with E-state index in [4.69, 9.17) is 9.47 Å². The molecule has 3 heterocycles. The quantitative estimate of drug-likeness (QED) is 0.199. The molecule has 0 radical (unpaired) electrons. The van der Waals surface area contributed by atoms with Crippen LogP contribution in [0.2, 0.25) is 0 Å². The summed E-state index contributed by atoms with van der Waals surface area (Å²) in [7, 11) is 0. The summed E-state index contributed by atoms with van der Waals surface area (Å²) in [5.41, 5.74) is -1.80. The molecular formula is C27H40BrN3O7. The third-order valence-electron chi connectivity index (χ3n) is 7.50. The van der Waals surface area contributed by atoms with Crippen molar-refractivity contribution in [1.29, 1.82) is 0 Å². The van der Waals surface area contributed by atoms with Crippen LogP contribution in [0.15, 0.2) is 25.3 Å². The lowest BCUT2D eigenvalue weighted by molar-refractivity contribution is -0.159. The standard InChI is InChI=1S/C27H40BrN3O7/c1-7-9-10-18(33)29-15-16(3)37-25(36)19-20-23(34)30(12-13-32)22(27(20)14-17(28)21(19)38-27)24(35)31(11-8-2)26(4,5)6/h7-8,16-17,19-22,32H,1-2,9-15H2,3-6H3,(H,29,33)/t16-,17?,19+,20-,21+,22+,27-/m0/s1. The summed E-state index contributed by atoms with van der Waals surface area (Å²) in [6.45, 7) is 14.7. The average Bonchev–Trinajstić information content (AvgIpc) is 3.42. The maximum Gasteiger partial charge on any atom is 0.312 e. The summed E-state index contributed by atoms with van der Waals surface area (Å²) >= 11 is 3.62. The van der Waals surface area contributed by atoms with Crippen LogP contribution in [0.25, 0.3) is 0 Å². The number of aliphatic hydroxyl groups excluding tert-OH is 1. The van der Waals surface area contributed by atoms with Gasteiger partial charge in [0.2, 0.25) is 17.7 Å². The number of rotatable bonds is 12. The second kappa shape index (κ2) is 11.9. The highest BCUT2D eigenvalue weighted by atomic mass is 79.9. The number of alkyl halides is 1. The van der Waals surface area contributed by atoms with Crippen LogP contribution in [0.5, 0.6) is 0 Å². The van der Waals surface area contributed by atoms with E-state index in [0.717, 1.165) is 0 Å². The molecule has 3 saturated heterocycles. The number of nitrogens with one attached hydrogen (secondary N) is 1. The molecule has 2 N–H and O–H groups in total. The summed E-state index contributed by atoms with van der Waals surface area (Å²) in [6.07, 6.45) is 3.19. The molecule has 3 amide bonds. The minimum atomic E-state index is -1.24. The van der Waals surface area contributed by atoms with Gasteiger partial charge in [0.15, 0.2) is 0 Å². The highest BCUT2D eigenvalue weighted by Gasteiger charge is 2.77. The van der Waals surface area contributed by atoms with Crippen LogP contribution < -0.4 is 5.32 Å². The molecule has 0 aromatic rings. The van der Waals surface area contributed by atoms with Crippen molar-refractivity contribution in [2.45, 2.75) is 81.2 Å². The van der Waals surface area contributed by atoms with Crippen molar-refractivity contribution < 1.29 is 33.8 Å². The first-order valence-electron chi connectivity index (χ1n) is 13.1. The Kier molecular flexibility index (Phi) is 9.47. The molecule has 1 spiro atoms. The van der Waals surface area contributed by atoms with Gasteiger partial charge in [-0.25, -0.2) is 0 Å². The van der Waals surface area contributed by atoms with E-state index in [1.807, 2.05) is 20.8 Å². The van der Waals surface area contributed by atoms with Crippen LogP contribution in [0.3, 0.4) is 0 Å². The topological polar surface area (TPSA) is 125 Å². The number of nitrogens with zero attached hydrogens (tertiary/aromatic N) is 2. The second-order valence-electron chi connectivity index (χ2n) is 11.2. The first-order chi connectivity index (χ1) is 17.8. The maximum atomic E-state index is 14.1. The van der Waals surface area contributed by atoms with Crippen molar-refractivity contribution in [2.75, 3.05) is 26.2 Å². The smallest absolute Gasteiger partial charge is 0.312 e. The van der Waals surface area contributed by atoms with Gasteiger partial charge in [-0.15, -0.1) is 13.2 Å². The Morgan fingerprint density at radius 2 is 2.03 bits per heavy atom. The van der Waals surface area contributed by atoms with E-state index in [1.165, 1.54) is 4.90 Å². The number of fused-ring (bicyclic) bond motifs is 1. The molecule has 3 aliphatic rings. The van der Waals surface area contributed by atoms with Gasteiger partial charge in [0.1, 0.15) is 17.7 Å². The molecule has 2 bridgehead atoms. The predicted molar refractivity (Wildman–Crippen MR) is 144 cm³/mol. The molecule has 7 atom stereocenters. The largest absolute Gasteiger partial charge is 0.460 e. The lowest BCUT2D eigenvalue weighted by Gasteiger charge is -2.42. The number of aliphatic hydroxyl groups is 1. The molecular weight excluding hydrogens is 558 g/mol. The zero-order chi connectivity index (χ0) is 28.4.